The summed E-state index contributed by atoms with van der Waals surface area (Å²) in [5.41, 5.74) is 1.23. The zero-order chi connectivity index (χ0) is 17.7. The molecule has 2 rings (SSSR count). The Kier molecular flexibility index (Phi) is 5.30. The molecule has 0 unspecified atom stereocenters. The van der Waals surface area contributed by atoms with Gasteiger partial charge in [-0.3, -0.25) is 14.9 Å². The average Bonchev–Trinajstić information content (AvgIpc) is 2.54. The predicted molar refractivity (Wildman–Crippen MR) is 89.6 cm³/mol. The zero-order valence-electron chi connectivity index (χ0n) is 12.9. The van der Waals surface area contributed by atoms with Crippen molar-refractivity contribution in [3.05, 3.63) is 64.2 Å². The van der Waals surface area contributed by atoms with Crippen molar-refractivity contribution in [1.29, 1.82) is 0 Å². The van der Waals surface area contributed by atoms with Crippen LogP contribution in [0.2, 0.25) is 0 Å². The highest BCUT2D eigenvalue weighted by atomic mass is 32.2. The summed E-state index contributed by atoms with van der Waals surface area (Å²) in [6.07, 6.45) is -0.201. The van der Waals surface area contributed by atoms with Crippen molar-refractivity contribution in [2.75, 3.05) is 11.1 Å². The Morgan fingerprint density at radius 2 is 1.67 bits per heavy atom. The molecule has 0 aliphatic rings. The van der Waals surface area contributed by atoms with E-state index in [1.54, 1.807) is 12.1 Å². The Morgan fingerprint density at radius 3 is 2.21 bits per heavy atom. The molecule has 0 aromatic heterocycles. The number of nitro benzene ring substituents is 1. The maximum absolute atomic E-state index is 12.2. The van der Waals surface area contributed by atoms with Gasteiger partial charge >= 0.3 is 0 Å². The van der Waals surface area contributed by atoms with Crippen LogP contribution in [0, 0.1) is 17.0 Å². The number of carbonyl (C=O) groups is 1. The fourth-order valence-corrected chi connectivity index (χ4v) is 3.22. The number of hydrogen-bond donors (Lipinski definition) is 1. The molecule has 2 aromatic carbocycles. The van der Waals surface area contributed by atoms with Gasteiger partial charge < -0.3 is 5.32 Å². The van der Waals surface area contributed by atoms with Gasteiger partial charge in [-0.15, -0.1) is 0 Å². The molecule has 0 radical (unpaired) electrons. The molecule has 0 bridgehead atoms. The lowest BCUT2D eigenvalue weighted by molar-refractivity contribution is -0.384. The number of carbonyl (C=O) groups excluding carboxylic acids is 1. The largest absolute Gasteiger partial charge is 0.326 e. The highest BCUT2D eigenvalue weighted by Gasteiger charge is 2.16. The van der Waals surface area contributed by atoms with Crippen molar-refractivity contribution < 1.29 is 18.1 Å². The summed E-state index contributed by atoms with van der Waals surface area (Å²) in [6, 6.07) is 11.7. The van der Waals surface area contributed by atoms with Crippen molar-refractivity contribution >= 4 is 27.1 Å². The third-order valence-electron chi connectivity index (χ3n) is 3.34. The minimum absolute atomic E-state index is 0.0880. The number of benzene rings is 2. The molecule has 24 heavy (non-hydrogen) atoms. The lowest BCUT2D eigenvalue weighted by Crippen LogP contribution is -2.17. The van der Waals surface area contributed by atoms with Crippen molar-refractivity contribution in [2.45, 2.75) is 18.2 Å². The van der Waals surface area contributed by atoms with E-state index in [4.69, 9.17) is 0 Å². The summed E-state index contributed by atoms with van der Waals surface area (Å²) < 4.78 is 24.3. The van der Waals surface area contributed by atoms with Gasteiger partial charge in [-0.1, -0.05) is 17.7 Å². The van der Waals surface area contributed by atoms with Crippen LogP contribution in [0.5, 0.6) is 0 Å². The Bertz CT molecular complexity index is 843. The molecular weight excluding hydrogens is 332 g/mol. The number of sulfone groups is 1. The van der Waals surface area contributed by atoms with E-state index in [0.29, 0.717) is 5.69 Å². The van der Waals surface area contributed by atoms with Gasteiger partial charge in [0.05, 0.1) is 15.6 Å². The number of aryl methyl sites for hydroxylation is 1. The van der Waals surface area contributed by atoms with Gasteiger partial charge in [-0.05, 0) is 31.2 Å². The molecule has 0 saturated carbocycles. The van der Waals surface area contributed by atoms with E-state index < -0.39 is 20.7 Å². The number of rotatable bonds is 6. The number of amides is 1. The third-order valence-corrected chi connectivity index (χ3v) is 5.07. The summed E-state index contributed by atoms with van der Waals surface area (Å²) >= 11 is 0. The first kappa shape index (κ1) is 17.6. The Labute approximate surface area is 139 Å². The van der Waals surface area contributed by atoms with Gasteiger partial charge in [-0.2, -0.15) is 0 Å². The summed E-state index contributed by atoms with van der Waals surface area (Å²) in [5, 5.41) is 13.1. The summed E-state index contributed by atoms with van der Waals surface area (Å²) in [5.74, 6) is -0.783. The number of nitrogens with zero attached hydrogens (tertiary/aromatic N) is 1. The second-order valence-corrected chi connectivity index (χ2v) is 7.34. The molecule has 0 aliphatic carbocycles. The molecule has 0 heterocycles. The van der Waals surface area contributed by atoms with Gasteiger partial charge in [0.15, 0.2) is 9.84 Å². The Hall–Kier alpha value is -2.74. The van der Waals surface area contributed by atoms with Crippen molar-refractivity contribution in [1.82, 2.24) is 0 Å². The number of anilines is 1. The first-order valence-corrected chi connectivity index (χ1v) is 8.77. The van der Waals surface area contributed by atoms with Crippen LogP contribution < -0.4 is 5.32 Å². The SMILES string of the molecule is Cc1ccc(S(=O)(=O)CCC(=O)Nc2ccc([N+](=O)[O-])cc2)cc1. The van der Waals surface area contributed by atoms with Crippen LogP contribution in [0.15, 0.2) is 53.4 Å². The monoisotopic (exact) mass is 348 g/mol. The van der Waals surface area contributed by atoms with Crippen molar-refractivity contribution in [3.8, 4) is 0 Å². The van der Waals surface area contributed by atoms with Crippen LogP contribution in [-0.4, -0.2) is 25.0 Å². The molecule has 0 fully saturated rings. The molecule has 8 heteroatoms. The van der Waals surface area contributed by atoms with Crippen LogP contribution in [0.1, 0.15) is 12.0 Å². The fraction of sp³-hybridized carbons (Fsp3) is 0.188. The van der Waals surface area contributed by atoms with E-state index in [9.17, 15) is 23.3 Å². The average molecular weight is 348 g/mol. The quantitative estimate of drug-likeness (QED) is 0.638. The minimum Gasteiger partial charge on any atom is -0.326 e. The van der Waals surface area contributed by atoms with E-state index in [0.717, 1.165) is 5.56 Å². The van der Waals surface area contributed by atoms with Crippen LogP contribution in [-0.2, 0) is 14.6 Å². The summed E-state index contributed by atoms with van der Waals surface area (Å²) in [6.45, 7) is 1.86. The molecule has 1 N–H and O–H groups in total. The Balaban J connectivity index is 1.95. The molecule has 2 aromatic rings. The minimum atomic E-state index is -3.53. The second-order valence-electron chi connectivity index (χ2n) is 5.23. The normalized spacial score (nSPS) is 11.0. The number of nitrogens with one attached hydrogen (secondary N) is 1. The fourth-order valence-electron chi connectivity index (χ4n) is 1.98. The van der Waals surface area contributed by atoms with Crippen LogP contribution in [0.4, 0.5) is 11.4 Å². The van der Waals surface area contributed by atoms with Crippen molar-refractivity contribution in [3.63, 3.8) is 0 Å². The molecule has 1 amide bonds. The smallest absolute Gasteiger partial charge is 0.269 e. The van der Waals surface area contributed by atoms with Gasteiger partial charge in [0.2, 0.25) is 5.91 Å². The molecule has 0 aliphatic heterocycles. The van der Waals surface area contributed by atoms with Crippen LogP contribution in [0.3, 0.4) is 0 Å². The van der Waals surface area contributed by atoms with Gasteiger partial charge in [0.25, 0.3) is 5.69 Å². The lowest BCUT2D eigenvalue weighted by atomic mass is 10.2. The molecule has 0 saturated heterocycles. The molecule has 0 atom stereocenters. The highest BCUT2D eigenvalue weighted by Crippen LogP contribution is 2.16. The van der Waals surface area contributed by atoms with E-state index in [-0.39, 0.29) is 22.8 Å². The standard InChI is InChI=1S/C16H16N2O5S/c1-12-2-8-15(9-3-12)24(22,23)11-10-16(19)17-13-4-6-14(7-5-13)18(20)21/h2-9H,10-11H2,1H3,(H,17,19). The van der Waals surface area contributed by atoms with Crippen LogP contribution >= 0.6 is 0 Å². The maximum Gasteiger partial charge on any atom is 0.269 e. The Morgan fingerprint density at radius 1 is 1.08 bits per heavy atom. The number of hydrogen-bond acceptors (Lipinski definition) is 5. The predicted octanol–water partition coefficient (Wildman–Crippen LogP) is 2.71. The first-order valence-electron chi connectivity index (χ1n) is 7.12. The van der Waals surface area contributed by atoms with Gasteiger partial charge in [-0.25, -0.2) is 8.42 Å². The zero-order valence-corrected chi connectivity index (χ0v) is 13.7. The van der Waals surface area contributed by atoms with Crippen molar-refractivity contribution in [2.24, 2.45) is 0 Å². The maximum atomic E-state index is 12.2. The summed E-state index contributed by atoms with van der Waals surface area (Å²) in [4.78, 5) is 22.0. The lowest BCUT2D eigenvalue weighted by Gasteiger charge is -2.06. The third kappa shape index (κ3) is 4.63. The van der Waals surface area contributed by atoms with E-state index >= 15 is 0 Å². The molecule has 0 spiro atoms. The number of nitro groups is 1. The van der Waals surface area contributed by atoms with Crippen LogP contribution in [0.25, 0.3) is 0 Å². The van der Waals surface area contributed by atoms with Gasteiger partial charge in [0.1, 0.15) is 0 Å². The first-order chi connectivity index (χ1) is 11.3. The van der Waals surface area contributed by atoms with E-state index in [2.05, 4.69) is 5.32 Å². The van der Waals surface area contributed by atoms with E-state index in [1.165, 1.54) is 36.4 Å². The number of non-ortho nitro benzene ring substituents is 1. The highest BCUT2D eigenvalue weighted by molar-refractivity contribution is 7.91. The molecule has 7 nitrogen and oxygen atoms in total. The molecule has 126 valence electrons. The molecular formula is C16H16N2O5S. The van der Waals surface area contributed by atoms with E-state index in [1.807, 2.05) is 6.92 Å². The topological polar surface area (TPSA) is 106 Å². The summed E-state index contributed by atoms with van der Waals surface area (Å²) in [7, 11) is -3.53. The van der Waals surface area contributed by atoms with Gasteiger partial charge in [0, 0.05) is 24.2 Å². The second kappa shape index (κ2) is 7.22.